The number of piperidine rings is 1. The van der Waals surface area contributed by atoms with Crippen molar-refractivity contribution >= 4 is 16.0 Å². The highest BCUT2D eigenvalue weighted by Gasteiger charge is 2.54. The molecule has 1 N–H and O–H groups in total. The van der Waals surface area contributed by atoms with Crippen LogP contribution in [0.3, 0.4) is 0 Å². The summed E-state index contributed by atoms with van der Waals surface area (Å²) >= 11 is 0. The topological polar surface area (TPSA) is 102 Å². The fourth-order valence-electron chi connectivity index (χ4n) is 4.39. The molecule has 0 spiro atoms. The van der Waals surface area contributed by atoms with Crippen molar-refractivity contribution in [3.05, 3.63) is 24.2 Å². The first-order valence-electron chi connectivity index (χ1n) is 10.9. The van der Waals surface area contributed by atoms with Gasteiger partial charge in [-0.3, -0.25) is 4.68 Å². The smallest absolute Gasteiger partial charge is 0.423 e. The minimum atomic E-state index is -4.87. The average Bonchev–Trinajstić information content (AvgIpc) is 3.19. The van der Waals surface area contributed by atoms with Crippen molar-refractivity contribution in [2.75, 3.05) is 25.0 Å². The molecule has 16 heteroatoms. The number of ether oxygens (including phenoxy) is 1. The molecule has 0 bridgehead atoms. The second-order valence-corrected chi connectivity index (χ2v) is 11.4. The van der Waals surface area contributed by atoms with E-state index >= 15 is 0 Å². The molecule has 2 fully saturated rings. The lowest BCUT2D eigenvalue weighted by Crippen LogP contribution is -2.50. The van der Waals surface area contributed by atoms with Crippen molar-refractivity contribution in [1.29, 1.82) is 0 Å². The first kappa shape index (κ1) is 26.4. The van der Waals surface area contributed by atoms with Crippen LogP contribution in [0.2, 0.25) is 0 Å². The third-order valence-corrected chi connectivity index (χ3v) is 7.94. The molecule has 2 aliphatic rings. The average molecular weight is 543 g/mol. The molecule has 2 aromatic heterocycles. The van der Waals surface area contributed by atoms with Gasteiger partial charge in [0.1, 0.15) is 16.6 Å². The summed E-state index contributed by atoms with van der Waals surface area (Å²) < 4.78 is 114. The van der Waals surface area contributed by atoms with Crippen molar-refractivity contribution < 1.29 is 39.5 Å². The Morgan fingerprint density at radius 2 is 1.94 bits per heavy atom. The summed E-state index contributed by atoms with van der Waals surface area (Å²) in [4.78, 5) is 7.24. The molecule has 0 aromatic carbocycles. The fraction of sp³-hybridized carbons (Fsp3) is 0.650. The minimum absolute atomic E-state index is 0.0195. The maximum Gasteiger partial charge on any atom is 0.423 e. The van der Waals surface area contributed by atoms with Gasteiger partial charge in [-0.05, 0) is 6.42 Å². The van der Waals surface area contributed by atoms with Crippen LogP contribution < -0.4 is 10.1 Å². The van der Waals surface area contributed by atoms with Gasteiger partial charge in [0, 0.05) is 50.8 Å². The molecule has 0 amide bonds. The number of aryl methyl sites for hydroxylation is 1. The van der Waals surface area contributed by atoms with Gasteiger partial charge in [0.25, 0.3) is 0 Å². The van der Waals surface area contributed by atoms with E-state index in [-0.39, 0.29) is 23.8 Å². The van der Waals surface area contributed by atoms with Crippen LogP contribution in [0.1, 0.15) is 31.7 Å². The summed E-state index contributed by atoms with van der Waals surface area (Å²) in [5.41, 5.74) is -2.31. The zero-order chi connectivity index (χ0) is 26.5. The number of alkyl halides is 6. The van der Waals surface area contributed by atoms with Crippen molar-refractivity contribution in [1.82, 2.24) is 24.1 Å². The van der Waals surface area contributed by atoms with E-state index < -0.39 is 77.2 Å². The van der Waals surface area contributed by atoms with Crippen LogP contribution in [0.25, 0.3) is 0 Å². The predicted molar refractivity (Wildman–Crippen MR) is 114 cm³/mol. The van der Waals surface area contributed by atoms with Crippen molar-refractivity contribution in [2.24, 2.45) is 12.5 Å². The number of nitrogens with one attached hydrogen (secondary N) is 1. The molecule has 4 rings (SSSR count). The van der Waals surface area contributed by atoms with E-state index in [9.17, 15) is 34.8 Å². The van der Waals surface area contributed by atoms with Crippen LogP contribution in [0.5, 0.6) is 5.88 Å². The van der Waals surface area contributed by atoms with Gasteiger partial charge in [-0.2, -0.15) is 27.6 Å². The second-order valence-electron chi connectivity index (χ2n) is 9.49. The molecule has 3 heterocycles. The second kappa shape index (κ2) is 9.04. The molecule has 2 atom stereocenters. The fourth-order valence-corrected chi connectivity index (χ4v) is 5.84. The van der Waals surface area contributed by atoms with E-state index in [1.54, 1.807) is 0 Å². The molecular formula is C20H24F6N6O3S. The SMILES string of the molecule is Cn1cc(S(=O)(=O)N2CC[C@H](Nc3ncc(C(F)(F)F)c(OCC4(C)CC(F)(F)C4)n3)[C@@H](F)C2)cn1. The third-order valence-electron chi connectivity index (χ3n) is 6.12. The predicted octanol–water partition coefficient (Wildman–Crippen LogP) is 3.26. The molecule has 200 valence electrons. The van der Waals surface area contributed by atoms with Gasteiger partial charge in [0.15, 0.2) is 0 Å². The molecule has 1 saturated carbocycles. The molecule has 0 unspecified atom stereocenters. The van der Waals surface area contributed by atoms with E-state index in [0.29, 0.717) is 6.20 Å². The summed E-state index contributed by atoms with van der Waals surface area (Å²) in [6, 6.07) is -0.988. The molecule has 1 saturated heterocycles. The number of aromatic nitrogens is 4. The van der Waals surface area contributed by atoms with Crippen molar-refractivity contribution in [3.8, 4) is 5.88 Å². The Hall–Kier alpha value is -2.62. The number of rotatable bonds is 7. The van der Waals surface area contributed by atoms with Crippen LogP contribution in [0.4, 0.5) is 32.3 Å². The van der Waals surface area contributed by atoms with Crippen LogP contribution in [-0.4, -0.2) is 70.3 Å². The number of hydrogen-bond acceptors (Lipinski definition) is 7. The van der Waals surface area contributed by atoms with E-state index in [4.69, 9.17) is 4.74 Å². The van der Waals surface area contributed by atoms with Crippen molar-refractivity contribution in [2.45, 2.75) is 55.4 Å². The number of hydrogen-bond donors (Lipinski definition) is 1. The Morgan fingerprint density at radius 1 is 1.25 bits per heavy atom. The minimum Gasteiger partial charge on any atom is -0.477 e. The molecule has 2 aromatic rings. The Labute approximate surface area is 202 Å². The normalized spacial score (nSPS) is 24.2. The lowest BCUT2D eigenvalue weighted by molar-refractivity contribution is -0.167. The van der Waals surface area contributed by atoms with E-state index in [2.05, 4.69) is 20.4 Å². The molecule has 9 nitrogen and oxygen atoms in total. The highest BCUT2D eigenvalue weighted by molar-refractivity contribution is 7.89. The first-order valence-corrected chi connectivity index (χ1v) is 12.4. The third kappa shape index (κ3) is 5.53. The largest absolute Gasteiger partial charge is 0.477 e. The molecule has 1 aliphatic carbocycles. The number of nitrogens with zero attached hydrogens (tertiary/aromatic N) is 5. The van der Waals surface area contributed by atoms with E-state index in [0.717, 1.165) is 10.5 Å². The maximum absolute atomic E-state index is 14.9. The Kier molecular flexibility index (Phi) is 6.64. The summed E-state index contributed by atoms with van der Waals surface area (Å²) in [5.74, 6) is -4.11. The van der Waals surface area contributed by atoms with Gasteiger partial charge in [0.2, 0.25) is 27.8 Å². The van der Waals surface area contributed by atoms with Gasteiger partial charge in [0.05, 0.1) is 18.8 Å². The molecule has 0 radical (unpaired) electrons. The Bertz CT molecular complexity index is 1210. The quantitative estimate of drug-likeness (QED) is 0.536. The molecular weight excluding hydrogens is 518 g/mol. The summed E-state index contributed by atoms with van der Waals surface area (Å²) in [6.07, 6.45) is -4.76. The monoisotopic (exact) mass is 542 g/mol. The highest BCUT2D eigenvalue weighted by atomic mass is 32.2. The number of anilines is 1. The van der Waals surface area contributed by atoms with Gasteiger partial charge in [-0.25, -0.2) is 26.6 Å². The summed E-state index contributed by atoms with van der Waals surface area (Å²) in [5, 5.41) is 6.41. The lowest BCUT2D eigenvalue weighted by atomic mass is 9.68. The zero-order valence-electron chi connectivity index (χ0n) is 19.3. The van der Waals surface area contributed by atoms with E-state index in [1.807, 2.05) is 0 Å². The van der Waals surface area contributed by atoms with E-state index in [1.165, 1.54) is 24.9 Å². The Balaban J connectivity index is 1.45. The highest BCUT2D eigenvalue weighted by Crippen LogP contribution is 2.52. The van der Waals surface area contributed by atoms with Gasteiger partial charge >= 0.3 is 6.18 Å². The maximum atomic E-state index is 14.9. The van der Waals surface area contributed by atoms with Crippen LogP contribution in [0, 0.1) is 5.41 Å². The Morgan fingerprint density at radius 3 is 2.50 bits per heavy atom. The molecule has 36 heavy (non-hydrogen) atoms. The number of halogens is 6. The van der Waals surface area contributed by atoms with Crippen LogP contribution >= 0.6 is 0 Å². The van der Waals surface area contributed by atoms with Crippen LogP contribution in [0.15, 0.2) is 23.5 Å². The first-order chi connectivity index (χ1) is 16.6. The number of sulfonamides is 1. The van der Waals surface area contributed by atoms with Gasteiger partial charge in [-0.1, -0.05) is 6.92 Å². The summed E-state index contributed by atoms with van der Waals surface area (Å²) in [7, 11) is -2.43. The standard InChI is InChI=1S/C20H24F6N6O3S/c1-18(9-19(22,23)10-18)11-35-16-13(20(24,25)26)6-27-17(30-16)29-15-3-4-32(8-14(15)21)36(33,34)12-5-28-31(2)7-12/h5-7,14-15H,3-4,8-11H2,1-2H3,(H,27,29,30)/t14-,15-/m0/s1. The van der Waals surface area contributed by atoms with Crippen molar-refractivity contribution in [3.63, 3.8) is 0 Å². The zero-order valence-corrected chi connectivity index (χ0v) is 20.1. The molecule has 1 aliphatic heterocycles. The summed E-state index contributed by atoms with van der Waals surface area (Å²) in [6.45, 7) is 0.495. The van der Waals surface area contributed by atoms with Gasteiger partial charge in [-0.15, -0.1) is 0 Å². The van der Waals surface area contributed by atoms with Gasteiger partial charge < -0.3 is 10.1 Å². The lowest BCUT2D eigenvalue weighted by Gasteiger charge is -2.44. The van der Waals surface area contributed by atoms with Crippen LogP contribution in [-0.2, 0) is 23.2 Å².